The fourth-order valence-electron chi connectivity index (χ4n) is 3.29. The van der Waals surface area contributed by atoms with Crippen molar-refractivity contribution >= 4 is 23.3 Å². The second-order valence-corrected chi connectivity index (χ2v) is 7.06. The fraction of sp³-hybridized carbons (Fsp3) is 0.381. The zero-order valence-corrected chi connectivity index (χ0v) is 16.4. The topological polar surface area (TPSA) is 44.0 Å². The van der Waals surface area contributed by atoms with E-state index in [4.69, 9.17) is 17.0 Å². The van der Waals surface area contributed by atoms with Crippen molar-refractivity contribution in [2.45, 2.75) is 26.2 Å². The Hall–Kier alpha value is -2.11. The second-order valence-electron chi connectivity index (χ2n) is 6.65. The van der Waals surface area contributed by atoms with Crippen LogP contribution in [0.4, 0.5) is 0 Å². The number of nitrogens with zero attached hydrogens (tertiary/aromatic N) is 1. The number of benzene rings is 2. The summed E-state index contributed by atoms with van der Waals surface area (Å²) in [5, 5.41) is 0. The van der Waals surface area contributed by atoms with Crippen molar-refractivity contribution < 1.29 is 4.74 Å². The highest BCUT2D eigenvalue weighted by atomic mass is 32.1. The predicted octanol–water partition coefficient (Wildman–Crippen LogP) is 4.73. The number of aromatic nitrogens is 2. The summed E-state index contributed by atoms with van der Waals surface area (Å²) in [5.41, 5.74) is 4.82. The minimum absolute atomic E-state index is 0.683. The molecule has 1 aromatic heterocycles. The zero-order chi connectivity index (χ0) is 18.4. The summed E-state index contributed by atoms with van der Waals surface area (Å²) >= 11 is 5.17. The maximum atomic E-state index is 5.32. The number of imidazole rings is 1. The van der Waals surface area contributed by atoms with Crippen molar-refractivity contribution in [3.05, 3.63) is 58.4 Å². The zero-order valence-electron chi connectivity index (χ0n) is 15.5. The van der Waals surface area contributed by atoms with Gasteiger partial charge in [-0.25, -0.2) is 0 Å². The van der Waals surface area contributed by atoms with Gasteiger partial charge in [-0.15, -0.1) is 0 Å². The molecule has 26 heavy (non-hydrogen) atoms. The third-order valence-corrected chi connectivity index (χ3v) is 4.89. The number of hydrogen-bond donors (Lipinski definition) is 2. The average Bonchev–Trinajstić information content (AvgIpc) is 3.03. The highest BCUT2D eigenvalue weighted by Gasteiger charge is 2.07. The molecule has 2 N–H and O–H groups in total. The molecule has 3 aromatic rings. The van der Waals surface area contributed by atoms with Gasteiger partial charge in [0.1, 0.15) is 5.75 Å². The molecule has 0 spiro atoms. The Bertz CT molecular complexity index is 899. The molecule has 138 valence electrons. The monoisotopic (exact) mass is 369 g/mol. The molecule has 1 heterocycles. The Labute approximate surface area is 160 Å². The number of aromatic amines is 2. The quantitative estimate of drug-likeness (QED) is 0.536. The van der Waals surface area contributed by atoms with Crippen molar-refractivity contribution in [2.75, 3.05) is 26.7 Å². The Morgan fingerprint density at radius 3 is 2.38 bits per heavy atom. The molecule has 0 amide bonds. The van der Waals surface area contributed by atoms with E-state index in [9.17, 15) is 0 Å². The first-order valence-corrected chi connectivity index (χ1v) is 9.65. The van der Waals surface area contributed by atoms with E-state index in [1.165, 1.54) is 17.5 Å². The summed E-state index contributed by atoms with van der Waals surface area (Å²) in [4.78, 5) is 8.90. The number of nitrogens with one attached hydrogen (secondary N) is 2. The van der Waals surface area contributed by atoms with Gasteiger partial charge >= 0.3 is 0 Å². The van der Waals surface area contributed by atoms with Crippen LogP contribution in [0.15, 0.2) is 42.5 Å². The number of hydrogen-bond acceptors (Lipinski definition) is 3. The van der Waals surface area contributed by atoms with Crippen LogP contribution in [-0.4, -0.2) is 41.6 Å². The van der Waals surface area contributed by atoms with Gasteiger partial charge in [0.25, 0.3) is 0 Å². The van der Waals surface area contributed by atoms with E-state index in [2.05, 4.69) is 58.2 Å². The van der Waals surface area contributed by atoms with Gasteiger partial charge < -0.3 is 19.6 Å². The van der Waals surface area contributed by atoms with E-state index in [0.29, 0.717) is 4.77 Å². The molecule has 4 nitrogen and oxygen atoms in total. The lowest BCUT2D eigenvalue weighted by atomic mass is 10.1. The minimum Gasteiger partial charge on any atom is -0.497 e. The third kappa shape index (κ3) is 4.96. The summed E-state index contributed by atoms with van der Waals surface area (Å²) in [5.74, 6) is 0.932. The highest BCUT2D eigenvalue weighted by molar-refractivity contribution is 7.71. The van der Waals surface area contributed by atoms with E-state index < -0.39 is 0 Å². The predicted molar refractivity (Wildman–Crippen MR) is 111 cm³/mol. The molecule has 0 saturated carbocycles. The molecule has 3 rings (SSSR count). The van der Waals surface area contributed by atoms with Gasteiger partial charge in [-0.05, 0) is 73.4 Å². The van der Waals surface area contributed by atoms with E-state index in [1.54, 1.807) is 7.11 Å². The molecule has 0 aliphatic heterocycles. The lowest BCUT2D eigenvalue weighted by Crippen LogP contribution is -2.29. The van der Waals surface area contributed by atoms with Crippen LogP contribution in [0, 0.1) is 4.77 Å². The van der Waals surface area contributed by atoms with Crippen LogP contribution in [0.1, 0.15) is 24.5 Å². The standard InChI is InChI=1S/C21H27N3OS/c1-3-11-24(12-9-16-5-4-6-18(14-16)25-2)13-10-17-7-8-19-20(15-17)23-21(26)22-19/h4-8,14-15H,3,9-13H2,1-2H3,(H2,22,23,26). The summed E-state index contributed by atoms with van der Waals surface area (Å²) in [7, 11) is 1.72. The normalized spacial score (nSPS) is 11.3. The van der Waals surface area contributed by atoms with Crippen LogP contribution in [0.2, 0.25) is 0 Å². The largest absolute Gasteiger partial charge is 0.497 e. The molecular weight excluding hydrogens is 342 g/mol. The molecule has 0 aliphatic rings. The van der Waals surface area contributed by atoms with Crippen molar-refractivity contribution in [3.63, 3.8) is 0 Å². The lowest BCUT2D eigenvalue weighted by Gasteiger charge is -2.22. The van der Waals surface area contributed by atoms with Crippen LogP contribution in [0.3, 0.4) is 0 Å². The number of ether oxygens (including phenoxy) is 1. The Balaban J connectivity index is 1.59. The highest BCUT2D eigenvalue weighted by Crippen LogP contribution is 2.15. The number of fused-ring (bicyclic) bond motifs is 1. The maximum absolute atomic E-state index is 5.32. The molecule has 0 unspecified atom stereocenters. The third-order valence-electron chi connectivity index (χ3n) is 4.69. The van der Waals surface area contributed by atoms with Gasteiger partial charge in [-0.2, -0.15) is 0 Å². The minimum atomic E-state index is 0.683. The average molecular weight is 370 g/mol. The molecule has 0 fully saturated rings. The molecule has 2 aromatic carbocycles. The lowest BCUT2D eigenvalue weighted by molar-refractivity contribution is 0.281. The van der Waals surface area contributed by atoms with Crippen LogP contribution in [-0.2, 0) is 12.8 Å². The van der Waals surface area contributed by atoms with Crippen molar-refractivity contribution in [3.8, 4) is 5.75 Å². The summed E-state index contributed by atoms with van der Waals surface area (Å²) in [6, 6.07) is 14.9. The summed E-state index contributed by atoms with van der Waals surface area (Å²) < 4.78 is 6.01. The smallest absolute Gasteiger partial charge is 0.175 e. The number of rotatable bonds is 9. The molecule has 0 aliphatic carbocycles. The van der Waals surface area contributed by atoms with Gasteiger partial charge in [0.2, 0.25) is 0 Å². The second kappa shape index (κ2) is 9.01. The SMILES string of the molecule is CCCN(CCc1cccc(OC)c1)CCc1ccc2[nH]c(=S)[nH]c2c1. The molecule has 0 radical (unpaired) electrons. The Morgan fingerprint density at radius 2 is 1.65 bits per heavy atom. The summed E-state index contributed by atoms with van der Waals surface area (Å²) in [6.07, 6.45) is 3.25. The van der Waals surface area contributed by atoms with Crippen LogP contribution in [0.25, 0.3) is 11.0 Å². The van der Waals surface area contributed by atoms with Gasteiger partial charge in [0.15, 0.2) is 4.77 Å². The summed E-state index contributed by atoms with van der Waals surface area (Å²) in [6.45, 7) is 5.49. The fourth-order valence-corrected chi connectivity index (χ4v) is 3.51. The number of H-pyrrole nitrogens is 2. The van der Waals surface area contributed by atoms with E-state index in [1.807, 2.05) is 6.07 Å². The molecule has 0 saturated heterocycles. The van der Waals surface area contributed by atoms with Gasteiger partial charge in [0, 0.05) is 13.1 Å². The van der Waals surface area contributed by atoms with Crippen molar-refractivity contribution in [1.82, 2.24) is 14.9 Å². The van der Waals surface area contributed by atoms with Crippen LogP contribution in [0.5, 0.6) is 5.75 Å². The van der Waals surface area contributed by atoms with E-state index in [-0.39, 0.29) is 0 Å². The van der Waals surface area contributed by atoms with Gasteiger partial charge in [0.05, 0.1) is 18.1 Å². The Kier molecular flexibility index (Phi) is 6.47. The molecule has 0 bridgehead atoms. The molecule has 0 atom stereocenters. The molecular formula is C21H27N3OS. The van der Waals surface area contributed by atoms with E-state index in [0.717, 1.165) is 49.3 Å². The first-order chi connectivity index (χ1) is 12.7. The maximum Gasteiger partial charge on any atom is 0.175 e. The van der Waals surface area contributed by atoms with Crippen LogP contribution >= 0.6 is 12.2 Å². The van der Waals surface area contributed by atoms with Crippen molar-refractivity contribution in [1.29, 1.82) is 0 Å². The van der Waals surface area contributed by atoms with Gasteiger partial charge in [-0.1, -0.05) is 25.1 Å². The van der Waals surface area contributed by atoms with Crippen molar-refractivity contribution in [2.24, 2.45) is 0 Å². The first kappa shape index (κ1) is 18.7. The van der Waals surface area contributed by atoms with Crippen LogP contribution < -0.4 is 4.74 Å². The number of methoxy groups -OCH3 is 1. The first-order valence-electron chi connectivity index (χ1n) is 9.24. The van der Waals surface area contributed by atoms with E-state index >= 15 is 0 Å². The molecule has 5 heteroatoms. The Morgan fingerprint density at radius 1 is 0.923 bits per heavy atom. The van der Waals surface area contributed by atoms with Gasteiger partial charge in [-0.3, -0.25) is 0 Å².